The molecule has 6 heteroatoms. The Morgan fingerprint density at radius 2 is 1.86 bits per heavy atom. The summed E-state index contributed by atoms with van der Waals surface area (Å²) in [5.41, 5.74) is 6.32. The first-order valence-electron chi connectivity index (χ1n) is 6.96. The van der Waals surface area contributed by atoms with E-state index in [0.717, 1.165) is 5.56 Å². The second-order valence-corrected chi connectivity index (χ2v) is 5.28. The highest BCUT2D eigenvalue weighted by Gasteiger charge is 2.38. The van der Waals surface area contributed by atoms with Gasteiger partial charge in [0.15, 0.2) is 0 Å². The van der Waals surface area contributed by atoms with E-state index < -0.39 is 11.4 Å². The van der Waals surface area contributed by atoms with Crippen LogP contribution in [0.4, 0.5) is 0 Å². The molecule has 114 valence electrons. The van der Waals surface area contributed by atoms with Crippen LogP contribution in [0.25, 0.3) is 0 Å². The van der Waals surface area contributed by atoms with Crippen molar-refractivity contribution in [3.63, 3.8) is 0 Å². The lowest BCUT2D eigenvalue weighted by Gasteiger charge is -2.34. The molecule has 0 radical (unpaired) electrons. The van der Waals surface area contributed by atoms with E-state index in [0.29, 0.717) is 39.1 Å². The first-order valence-corrected chi connectivity index (χ1v) is 6.96. The molecule has 1 fully saturated rings. The van der Waals surface area contributed by atoms with Crippen molar-refractivity contribution in [1.29, 1.82) is 0 Å². The zero-order valence-corrected chi connectivity index (χ0v) is 11.8. The number of nitrogens with two attached hydrogens (primary N) is 1. The molecule has 2 rings (SSSR count). The number of carbonyl (C=O) groups is 2. The average Bonchev–Trinajstić information content (AvgIpc) is 2.53. The monoisotopic (exact) mass is 292 g/mol. The molecule has 0 bridgehead atoms. The summed E-state index contributed by atoms with van der Waals surface area (Å²) in [4.78, 5) is 23.1. The highest BCUT2D eigenvalue weighted by atomic mass is 16.5. The quantitative estimate of drug-likeness (QED) is 0.743. The van der Waals surface area contributed by atoms with Crippen LogP contribution in [-0.4, -0.2) is 36.7 Å². The van der Waals surface area contributed by atoms with E-state index in [1.807, 2.05) is 0 Å². The van der Waals surface area contributed by atoms with Gasteiger partial charge < -0.3 is 20.9 Å². The lowest BCUT2D eigenvalue weighted by atomic mass is 9.79. The number of nitrogens with one attached hydrogen (secondary N) is 1. The normalized spacial score (nSPS) is 17.2. The second kappa shape index (κ2) is 6.69. The molecule has 1 aromatic carbocycles. The molecule has 1 aliphatic rings. The Morgan fingerprint density at radius 1 is 1.24 bits per heavy atom. The maximum absolute atomic E-state index is 12.4. The van der Waals surface area contributed by atoms with Gasteiger partial charge >= 0.3 is 5.97 Å². The SMILES string of the molecule is NCC1(C(=O)NCc2ccc(C(=O)O)cc2)CCOCC1. The third-order valence-corrected chi connectivity index (χ3v) is 3.98. The Labute approximate surface area is 123 Å². The number of carboxylic acid groups (broad SMARTS) is 1. The Morgan fingerprint density at radius 3 is 2.38 bits per heavy atom. The summed E-state index contributed by atoms with van der Waals surface area (Å²) in [6.45, 7) is 1.78. The van der Waals surface area contributed by atoms with Gasteiger partial charge in [-0.2, -0.15) is 0 Å². The number of hydrogen-bond donors (Lipinski definition) is 3. The number of rotatable bonds is 5. The van der Waals surface area contributed by atoms with Gasteiger partial charge in [0.2, 0.25) is 5.91 Å². The van der Waals surface area contributed by atoms with Crippen molar-refractivity contribution in [2.75, 3.05) is 19.8 Å². The van der Waals surface area contributed by atoms with Gasteiger partial charge in [0.05, 0.1) is 11.0 Å². The van der Waals surface area contributed by atoms with Crippen LogP contribution in [0.3, 0.4) is 0 Å². The van der Waals surface area contributed by atoms with Crippen molar-refractivity contribution < 1.29 is 19.4 Å². The minimum Gasteiger partial charge on any atom is -0.478 e. The van der Waals surface area contributed by atoms with Gasteiger partial charge in [0, 0.05) is 26.3 Å². The molecule has 21 heavy (non-hydrogen) atoms. The Hall–Kier alpha value is -1.92. The fraction of sp³-hybridized carbons (Fsp3) is 0.467. The Balaban J connectivity index is 1.95. The van der Waals surface area contributed by atoms with Crippen molar-refractivity contribution in [2.24, 2.45) is 11.1 Å². The van der Waals surface area contributed by atoms with E-state index in [9.17, 15) is 9.59 Å². The number of benzene rings is 1. The summed E-state index contributed by atoms with van der Waals surface area (Å²) in [6, 6.07) is 6.44. The predicted molar refractivity (Wildman–Crippen MR) is 76.8 cm³/mol. The standard InChI is InChI=1S/C15H20N2O4/c16-10-15(5-7-21-8-6-15)14(20)17-9-11-1-3-12(4-2-11)13(18)19/h1-4H,5-10,16H2,(H,17,20)(H,18,19). The summed E-state index contributed by atoms with van der Waals surface area (Å²) in [7, 11) is 0. The van der Waals surface area contributed by atoms with Gasteiger partial charge in [-0.15, -0.1) is 0 Å². The molecule has 1 amide bonds. The average molecular weight is 292 g/mol. The lowest BCUT2D eigenvalue weighted by Crippen LogP contribution is -2.48. The van der Waals surface area contributed by atoms with E-state index in [4.69, 9.17) is 15.6 Å². The highest BCUT2D eigenvalue weighted by Crippen LogP contribution is 2.29. The minimum atomic E-state index is -0.963. The molecule has 0 aromatic heterocycles. The third-order valence-electron chi connectivity index (χ3n) is 3.98. The van der Waals surface area contributed by atoms with Crippen LogP contribution in [0.2, 0.25) is 0 Å². The predicted octanol–water partition coefficient (Wildman–Crippen LogP) is 0.756. The summed E-state index contributed by atoms with van der Waals surface area (Å²) < 4.78 is 5.28. The van der Waals surface area contributed by atoms with E-state index in [1.54, 1.807) is 12.1 Å². The topological polar surface area (TPSA) is 102 Å². The Kier molecular flexibility index (Phi) is 4.93. The molecular formula is C15H20N2O4. The molecule has 0 aliphatic carbocycles. The number of hydrogen-bond acceptors (Lipinski definition) is 4. The van der Waals surface area contributed by atoms with Crippen LogP contribution in [0.1, 0.15) is 28.8 Å². The van der Waals surface area contributed by atoms with Crippen LogP contribution >= 0.6 is 0 Å². The van der Waals surface area contributed by atoms with Crippen LogP contribution < -0.4 is 11.1 Å². The summed E-state index contributed by atoms with van der Waals surface area (Å²) in [6.07, 6.45) is 1.26. The molecule has 0 saturated carbocycles. The maximum Gasteiger partial charge on any atom is 0.335 e. The third kappa shape index (κ3) is 3.59. The van der Waals surface area contributed by atoms with Gasteiger partial charge in [0.25, 0.3) is 0 Å². The van der Waals surface area contributed by atoms with Crippen molar-refractivity contribution in [3.05, 3.63) is 35.4 Å². The zero-order chi connectivity index (χ0) is 15.3. The smallest absolute Gasteiger partial charge is 0.335 e. The number of carboxylic acids is 1. The molecule has 0 spiro atoms. The van der Waals surface area contributed by atoms with Crippen molar-refractivity contribution in [2.45, 2.75) is 19.4 Å². The van der Waals surface area contributed by atoms with Gasteiger partial charge in [-0.25, -0.2) is 4.79 Å². The molecule has 0 unspecified atom stereocenters. The summed E-state index contributed by atoms with van der Waals surface area (Å²) in [5.74, 6) is -1.02. The Bertz CT molecular complexity index is 507. The molecular weight excluding hydrogens is 272 g/mol. The van der Waals surface area contributed by atoms with Crippen molar-refractivity contribution in [1.82, 2.24) is 5.32 Å². The van der Waals surface area contributed by atoms with Crippen LogP contribution in [0.5, 0.6) is 0 Å². The fourth-order valence-electron chi connectivity index (χ4n) is 2.42. The lowest BCUT2D eigenvalue weighted by molar-refractivity contribution is -0.136. The van der Waals surface area contributed by atoms with Crippen molar-refractivity contribution >= 4 is 11.9 Å². The van der Waals surface area contributed by atoms with E-state index in [2.05, 4.69) is 5.32 Å². The van der Waals surface area contributed by atoms with Crippen LogP contribution in [0.15, 0.2) is 24.3 Å². The molecule has 1 aromatic rings. The van der Waals surface area contributed by atoms with Gasteiger partial charge in [0.1, 0.15) is 0 Å². The van der Waals surface area contributed by atoms with E-state index >= 15 is 0 Å². The first kappa shape index (κ1) is 15.5. The molecule has 1 aliphatic heterocycles. The summed E-state index contributed by atoms with van der Waals surface area (Å²) >= 11 is 0. The van der Waals surface area contributed by atoms with Crippen LogP contribution in [0, 0.1) is 5.41 Å². The molecule has 1 heterocycles. The number of carbonyl (C=O) groups excluding carboxylic acids is 1. The number of aromatic carboxylic acids is 1. The minimum absolute atomic E-state index is 0.0596. The highest BCUT2D eigenvalue weighted by molar-refractivity contribution is 5.87. The van der Waals surface area contributed by atoms with E-state index in [1.165, 1.54) is 12.1 Å². The number of ether oxygens (including phenoxy) is 1. The van der Waals surface area contributed by atoms with Gasteiger partial charge in [-0.1, -0.05) is 12.1 Å². The van der Waals surface area contributed by atoms with Gasteiger partial charge in [-0.3, -0.25) is 4.79 Å². The molecule has 6 nitrogen and oxygen atoms in total. The molecule has 1 saturated heterocycles. The number of amides is 1. The fourth-order valence-corrected chi connectivity index (χ4v) is 2.42. The first-order chi connectivity index (χ1) is 10.1. The van der Waals surface area contributed by atoms with Crippen LogP contribution in [-0.2, 0) is 16.1 Å². The maximum atomic E-state index is 12.4. The van der Waals surface area contributed by atoms with Gasteiger partial charge in [-0.05, 0) is 30.5 Å². The summed E-state index contributed by atoms with van der Waals surface area (Å²) in [5, 5.41) is 11.7. The van der Waals surface area contributed by atoms with E-state index in [-0.39, 0.29) is 11.5 Å². The second-order valence-electron chi connectivity index (χ2n) is 5.28. The molecule has 4 N–H and O–H groups in total. The zero-order valence-electron chi connectivity index (χ0n) is 11.8. The molecule has 0 atom stereocenters. The largest absolute Gasteiger partial charge is 0.478 e. The van der Waals surface area contributed by atoms with Crippen molar-refractivity contribution in [3.8, 4) is 0 Å².